The number of hydrogen-bond acceptors (Lipinski definition) is 4. The average Bonchev–Trinajstić information content (AvgIpc) is 2.40. The molecule has 1 aromatic carbocycles. The zero-order valence-electron chi connectivity index (χ0n) is 12.1. The number of hydrogen-bond donors (Lipinski definition) is 1. The van der Waals surface area contributed by atoms with Crippen LogP contribution in [0.3, 0.4) is 0 Å². The van der Waals surface area contributed by atoms with Gasteiger partial charge >= 0.3 is 5.97 Å². The molecule has 21 heavy (non-hydrogen) atoms. The fourth-order valence-electron chi connectivity index (χ4n) is 1.44. The number of benzene rings is 1. The third-order valence-electron chi connectivity index (χ3n) is 2.26. The van der Waals surface area contributed by atoms with Crippen molar-refractivity contribution in [2.24, 2.45) is 0 Å². The van der Waals surface area contributed by atoms with Crippen molar-refractivity contribution in [2.45, 2.75) is 26.7 Å². The van der Waals surface area contributed by atoms with Crippen LogP contribution in [0.15, 0.2) is 18.2 Å². The SMILES string of the molecule is CC(=O)CC(=O)O.CCOc1cc(C#N)ccc1CCBr. The Kier molecular flexibility index (Phi) is 9.90. The number of aliphatic carboxylic acids is 1. The molecule has 1 rings (SSSR count). The molecular formula is C15H18BrNO4. The minimum atomic E-state index is -1.06. The Balaban J connectivity index is 0.000000486. The van der Waals surface area contributed by atoms with Crippen LogP contribution < -0.4 is 4.74 Å². The number of ketones is 1. The van der Waals surface area contributed by atoms with E-state index in [1.807, 2.05) is 19.1 Å². The molecule has 0 fully saturated rings. The Morgan fingerprint density at radius 2 is 2.10 bits per heavy atom. The largest absolute Gasteiger partial charge is 0.494 e. The van der Waals surface area contributed by atoms with Crippen LogP contribution in [0.2, 0.25) is 0 Å². The topological polar surface area (TPSA) is 87.4 Å². The normalized spacial score (nSPS) is 9.05. The number of ether oxygens (including phenoxy) is 1. The number of carboxylic acids is 1. The lowest BCUT2D eigenvalue weighted by Crippen LogP contribution is -2.00. The van der Waals surface area contributed by atoms with Gasteiger partial charge in [-0.15, -0.1) is 0 Å². The molecule has 114 valence electrons. The summed E-state index contributed by atoms with van der Waals surface area (Å²) in [5, 5.41) is 17.5. The Morgan fingerprint density at radius 1 is 1.43 bits per heavy atom. The minimum absolute atomic E-state index is 0.312. The fourth-order valence-corrected chi connectivity index (χ4v) is 1.86. The van der Waals surface area contributed by atoms with E-state index in [4.69, 9.17) is 15.1 Å². The second-order valence-electron chi connectivity index (χ2n) is 4.08. The van der Waals surface area contributed by atoms with Crippen LogP contribution >= 0.6 is 15.9 Å². The summed E-state index contributed by atoms with van der Waals surface area (Å²) in [6.07, 6.45) is 0.557. The van der Waals surface area contributed by atoms with Gasteiger partial charge in [0.15, 0.2) is 0 Å². The number of carbonyl (C=O) groups is 2. The van der Waals surface area contributed by atoms with Gasteiger partial charge in [-0.1, -0.05) is 22.0 Å². The number of Topliss-reactive ketones (excluding diaryl/α,β-unsaturated/α-hetero) is 1. The van der Waals surface area contributed by atoms with Gasteiger partial charge in [0.25, 0.3) is 0 Å². The third-order valence-corrected chi connectivity index (χ3v) is 2.66. The number of carboxylic acid groups (broad SMARTS) is 1. The molecule has 0 saturated heterocycles. The van der Waals surface area contributed by atoms with E-state index in [0.29, 0.717) is 12.2 Å². The van der Waals surface area contributed by atoms with Crippen molar-refractivity contribution in [2.75, 3.05) is 11.9 Å². The summed E-state index contributed by atoms with van der Waals surface area (Å²) < 4.78 is 5.46. The van der Waals surface area contributed by atoms with Gasteiger partial charge in [-0.3, -0.25) is 9.59 Å². The van der Waals surface area contributed by atoms with Crippen molar-refractivity contribution in [3.63, 3.8) is 0 Å². The van der Waals surface area contributed by atoms with Crippen LogP contribution in [0.4, 0.5) is 0 Å². The van der Waals surface area contributed by atoms with Crippen LogP contribution in [-0.2, 0) is 16.0 Å². The molecule has 1 aromatic rings. The third kappa shape index (κ3) is 8.82. The highest BCUT2D eigenvalue weighted by molar-refractivity contribution is 9.09. The summed E-state index contributed by atoms with van der Waals surface area (Å²) in [5.74, 6) is -0.550. The Hall–Kier alpha value is -1.87. The van der Waals surface area contributed by atoms with Gasteiger partial charge in [0.05, 0.1) is 18.2 Å². The van der Waals surface area contributed by atoms with Gasteiger partial charge < -0.3 is 9.84 Å². The van der Waals surface area contributed by atoms with Crippen molar-refractivity contribution in [3.05, 3.63) is 29.3 Å². The molecule has 0 saturated carbocycles. The highest BCUT2D eigenvalue weighted by Gasteiger charge is 2.03. The molecule has 0 aliphatic carbocycles. The van der Waals surface area contributed by atoms with Crippen LogP contribution in [-0.4, -0.2) is 28.8 Å². The van der Waals surface area contributed by atoms with E-state index in [9.17, 15) is 9.59 Å². The van der Waals surface area contributed by atoms with Crippen molar-refractivity contribution < 1.29 is 19.4 Å². The molecule has 0 heterocycles. The molecule has 0 aliphatic rings. The standard InChI is InChI=1S/C11H12BrNO.C4H6O3/c1-2-14-11-7-9(8-13)3-4-10(11)5-6-12;1-3(5)2-4(6)7/h3-4,7H,2,5-6H2,1H3;2H2,1H3,(H,6,7). The van der Waals surface area contributed by atoms with Gasteiger partial charge in [-0.05, 0) is 38.0 Å². The first-order valence-electron chi connectivity index (χ1n) is 6.37. The van der Waals surface area contributed by atoms with E-state index < -0.39 is 5.97 Å². The molecule has 5 nitrogen and oxygen atoms in total. The zero-order chi connectivity index (χ0) is 16.3. The molecule has 1 N–H and O–H groups in total. The molecule has 0 aliphatic heterocycles. The molecule has 0 amide bonds. The van der Waals surface area contributed by atoms with Gasteiger partial charge in [0, 0.05) is 5.33 Å². The van der Waals surface area contributed by atoms with Crippen LogP contribution in [0.1, 0.15) is 31.4 Å². The monoisotopic (exact) mass is 355 g/mol. The smallest absolute Gasteiger partial charge is 0.310 e. The Bertz CT molecular complexity index is 511. The first-order valence-corrected chi connectivity index (χ1v) is 7.49. The van der Waals surface area contributed by atoms with Crippen LogP contribution in [0.25, 0.3) is 0 Å². The number of rotatable bonds is 6. The second kappa shape index (κ2) is 10.9. The molecule has 0 bridgehead atoms. The first-order chi connectivity index (χ1) is 9.94. The van der Waals surface area contributed by atoms with E-state index in [0.717, 1.165) is 23.1 Å². The van der Waals surface area contributed by atoms with E-state index in [1.54, 1.807) is 6.07 Å². The number of halogens is 1. The lowest BCUT2D eigenvalue weighted by molar-refractivity contribution is -0.139. The highest BCUT2D eigenvalue weighted by atomic mass is 79.9. The van der Waals surface area contributed by atoms with E-state index in [1.165, 1.54) is 6.92 Å². The van der Waals surface area contributed by atoms with Gasteiger partial charge in [0.1, 0.15) is 18.0 Å². The highest BCUT2D eigenvalue weighted by Crippen LogP contribution is 2.21. The quantitative estimate of drug-likeness (QED) is 0.625. The maximum absolute atomic E-state index is 9.87. The zero-order valence-corrected chi connectivity index (χ0v) is 13.6. The summed E-state index contributed by atoms with van der Waals surface area (Å²) >= 11 is 3.39. The van der Waals surface area contributed by atoms with Gasteiger partial charge in [0.2, 0.25) is 0 Å². The van der Waals surface area contributed by atoms with Crippen molar-refractivity contribution in [3.8, 4) is 11.8 Å². The number of nitrogens with zero attached hydrogens (tertiary/aromatic N) is 1. The maximum Gasteiger partial charge on any atom is 0.310 e. The molecule has 0 aromatic heterocycles. The second-order valence-corrected chi connectivity index (χ2v) is 4.87. The minimum Gasteiger partial charge on any atom is -0.494 e. The average molecular weight is 356 g/mol. The molecular weight excluding hydrogens is 338 g/mol. The van der Waals surface area contributed by atoms with Crippen molar-refractivity contribution in [1.82, 2.24) is 0 Å². The fraction of sp³-hybridized carbons (Fsp3) is 0.400. The summed E-state index contributed by atoms with van der Waals surface area (Å²) in [7, 11) is 0. The predicted octanol–water partition coefficient (Wildman–Crippen LogP) is 2.94. The van der Waals surface area contributed by atoms with Crippen molar-refractivity contribution in [1.29, 1.82) is 5.26 Å². The van der Waals surface area contributed by atoms with E-state index >= 15 is 0 Å². The molecule has 6 heteroatoms. The summed E-state index contributed by atoms with van der Waals surface area (Å²) in [5.41, 5.74) is 1.79. The van der Waals surface area contributed by atoms with E-state index in [2.05, 4.69) is 22.0 Å². The number of alkyl halides is 1. The Morgan fingerprint density at radius 3 is 2.48 bits per heavy atom. The lowest BCUT2D eigenvalue weighted by atomic mass is 10.1. The summed E-state index contributed by atoms with van der Waals surface area (Å²) in [6, 6.07) is 7.67. The molecule has 0 radical (unpaired) electrons. The number of aryl methyl sites for hydroxylation is 1. The number of carbonyl (C=O) groups excluding carboxylic acids is 1. The Labute approximate surface area is 132 Å². The summed E-state index contributed by atoms with van der Waals surface area (Å²) in [4.78, 5) is 19.5. The first kappa shape index (κ1) is 19.1. The number of nitriles is 1. The van der Waals surface area contributed by atoms with Gasteiger partial charge in [-0.2, -0.15) is 5.26 Å². The maximum atomic E-state index is 9.87. The van der Waals surface area contributed by atoms with Crippen LogP contribution in [0, 0.1) is 11.3 Å². The predicted molar refractivity (Wildman–Crippen MR) is 82.8 cm³/mol. The summed E-state index contributed by atoms with van der Waals surface area (Å²) in [6.45, 7) is 3.81. The van der Waals surface area contributed by atoms with Gasteiger partial charge in [-0.25, -0.2) is 0 Å². The van der Waals surface area contributed by atoms with Crippen molar-refractivity contribution >= 4 is 27.7 Å². The molecule has 0 atom stereocenters. The van der Waals surface area contributed by atoms with Crippen LogP contribution in [0.5, 0.6) is 5.75 Å². The molecule has 0 spiro atoms. The lowest BCUT2D eigenvalue weighted by Gasteiger charge is -2.08. The van der Waals surface area contributed by atoms with E-state index in [-0.39, 0.29) is 12.2 Å². The molecule has 0 unspecified atom stereocenters.